The summed E-state index contributed by atoms with van der Waals surface area (Å²) in [5, 5.41) is 0.315. The average molecular weight is 329 g/mol. The van der Waals surface area contributed by atoms with Crippen molar-refractivity contribution in [3.05, 3.63) is 47.3 Å². The Hall–Kier alpha value is -1.92. The van der Waals surface area contributed by atoms with Crippen molar-refractivity contribution in [2.45, 2.75) is 36.2 Å². The zero-order valence-corrected chi connectivity index (χ0v) is 13.4. The third-order valence-corrected chi connectivity index (χ3v) is 5.73. The van der Waals surface area contributed by atoms with Gasteiger partial charge in [0.1, 0.15) is 11.1 Å². The molecule has 2 aliphatic rings. The fraction of sp³-hybridized carbons (Fsp3) is 0.294. The SMILES string of the molecule is CC1=CC2=CC([S+]([O-])c3nc4cc(F)ccc4[nH]3)CCC2N=C1. The van der Waals surface area contributed by atoms with Gasteiger partial charge < -0.3 is 4.55 Å². The van der Waals surface area contributed by atoms with Gasteiger partial charge in [0.15, 0.2) is 0 Å². The van der Waals surface area contributed by atoms with Crippen LogP contribution in [0.25, 0.3) is 11.0 Å². The number of halogens is 1. The van der Waals surface area contributed by atoms with Gasteiger partial charge in [0.2, 0.25) is 0 Å². The number of hydrogen-bond acceptors (Lipinski definition) is 3. The lowest BCUT2D eigenvalue weighted by Gasteiger charge is -2.27. The summed E-state index contributed by atoms with van der Waals surface area (Å²) < 4.78 is 26.1. The van der Waals surface area contributed by atoms with Crippen molar-refractivity contribution in [1.29, 1.82) is 0 Å². The van der Waals surface area contributed by atoms with E-state index < -0.39 is 11.2 Å². The van der Waals surface area contributed by atoms with Gasteiger partial charge in [0.25, 0.3) is 0 Å². The van der Waals surface area contributed by atoms with E-state index >= 15 is 0 Å². The van der Waals surface area contributed by atoms with Gasteiger partial charge in [0, 0.05) is 29.9 Å². The lowest BCUT2D eigenvalue weighted by molar-refractivity contribution is 0.557. The van der Waals surface area contributed by atoms with Crippen LogP contribution in [0.15, 0.2) is 51.6 Å². The number of allylic oxidation sites excluding steroid dienone is 1. The molecule has 4 rings (SSSR count). The molecule has 3 atom stereocenters. The van der Waals surface area contributed by atoms with Crippen LogP contribution in [0.1, 0.15) is 19.8 Å². The second kappa shape index (κ2) is 5.62. The monoisotopic (exact) mass is 329 g/mol. The van der Waals surface area contributed by atoms with Crippen molar-refractivity contribution in [3.63, 3.8) is 0 Å². The second-order valence-corrected chi connectivity index (χ2v) is 7.55. The fourth-order valence-electron chi connectivity index (χ4n) is 3.07. The molecule has 0 spiro atoms. The topological polar surface area (TPSA) is 64.1 Å². The highest BCUT2D eigenvalue weighted by molar-refractivity contribution is 7.92. The van der Waals surface area contributed by atoms with E-state index in [4.69, 9.17) is 0 Å². The van der Waals surface area contributed by atoms with Crippen LogP contribution in [0, 0.1) is 5.82 Å². The molecule has 0 fully saturated rings. The number of H-pyrrole nitrogens is 1. The molecule has 0 saturated carbocycles. The normalized spacial score (nSPS) is 25.0. The Labute approximate surface area is 136 Å². The number of nitrogens with zero attached hydrogens (tertiary/aromatic N) is 2. The summed E-state index contributed by atoms with van der Waals surface area (Å²) in [5.74, 6) is -0.343. The van der Waals surface area contributed by atoms with Gasteiger partial charge in [-0.15, -0.1) is 0 Å². The number of fused-ring (bicyclic) bond motifs is 2. The number of nitrogens with one attached hydrogen (secondary N) is 1. The summed E-state index contributed by atoms with van der Waals surface area (Å²) in [4.78, 5) is 11.9. The molecule has 3 unspecified atom stereocenters. The smallest absolute Gasteiger partial charge is 0.322 e. The van der Waals surface area contributed by atoms with Crippen LogP contribution in [0.2, 0.25) is 0 Å². The predicted octanol–water partition coefficient (Wildman–Crippen LogP) is 3.30. The fourth-order valence-corrected chi connectivity index (χ4v) is 4.39. The van der Waals surface area contributed by atoms with Crippen molar-refractivity contribution >= 4 is 28.4 Å². The summed E-state index contributed by atoms with van der Waals surface area (Å²) in [5.41, 5.74) is 3.46. The van der Waals surface area contributed by atoms with Gasteiger partial charge >= 0.3 is 5.16 Å². The van der Waals surface area contributed by atoms with E-state index in [0.717, 1.165) is 24.0 Å². The highest BCUT2D eigenvalue weighted by Gasteiger charge is 2.32. The largest absolute Gasteiger partial charge is 0.609 e. The number of rotatable bonds is 2. The summed E-state index contributed by atoms with van der Waals surface area (Å²) in [6, 6.07) is 4.53. The molecule has 0 radical (unpaired) electrons. The zero-order chi connectivity index (χ0) is 16.0. The Kier molecular flexibility index (Phi) is 3.58. The Morgan fingerprint density at radius 1 is 1.35 bits per heavy atom. The molecule has 1 aromatic heterocycles. The van der Waals surface area contributed by atoms with E-state index in [1.807, 2.05) is 13.1 Å². The molecule has 1 aliphatic carbocycles. The summed E-state index contributed by atoms with van der Waals surface area (Å²) in [7, 11) is 0. The predicted molar refractivity (Wildman–Crippen MR) is 89.6 cm³/mol. The molecule has 118 valence electrons. The van der Waals surface area contributed by atoms with E-state index in [-0.39, 0.29) is 17.1 Å². The van der Waals surface area contributed by atoms with E-state index in [1.165, 1.54) is 12.1 Å². The van der Waals surface area contributed by atoms with Gasteiger partial charge in [-0.25, -0.2) is 4.39 Å². The highest BCUT2D eigenvalue weighted by Crippen LogP contribution is 2.31. The number of benzene rings is 1. The summed E-state index contributed by atoms with van der Waals surface area (Å²) in [6.45, 7) is 2.01. The number of hydrogen-bond donors (Lipinski definition) is 1. The molecule has 2 aromatic rings. The molecular weight excluding hydrogens is 313 g/mol. The quantitative estimate of drug-likeness (QED) is 0.859. The molecule has 0 bridgehead atoms. The number of aromatic amines is 1. The molecule has 1 aromatic carbocycles. The van der Waals surface area contributed by atoms with E-state index in [9.17, 15) is 8.94 Å². The summed E-state index contributed by atoms with van der Waals surface area (Å²) >= 11 is -1.28. The number of dihydropyridines is 1. The molecule has 23 heavy (non-hydrogen) atoms. The minimum atomic E-state index is -1.28. The van der Waals surface area contributed by atoms with Crippen molar-refractivity contribution in [3.8, 4) is 0 Å². The first-order valence-corrected chi connectivity index (χ1v) is 8.80. The third-order valence-electron chi connectivity index (χ3n) is 4.23. The van der Waals surface area contributed by atoms with E-state index in [0.29, 0.717) is 16.2 Å². The molecule has 1 aliphatic heterocycles. The second-order valence-electron chi connectivity index (χ2n) is 5.97. The van der Waals surface area contributed by atoms with E-state index in [2.05, 4.69) is 27.1 Å². The first kappa shape index (κ1) is 14.7. The number of aromatic nitrogens is 2. The maximum absolute atomic E-state index is 13.3. The van der Waals surface area contributed by atoms with Gasteiger partial charge in [-0.3, -0.25) is 9.98 Å². The van der Waals surface area contributed by atoms with E-state index in [1.54, 1.807) is 6.07 Å². The molecular formula is C17H16FN3OS. The van der Waals surface area contributed by atoms with Crippen molar-refractivity contribution in [2.24, 2.45) is 4.99 Å². The lowest BCUT2D eigenvalue weighted by atomic mass is 9.91. The number of aliphatic imine (C=N–C) groups is 1. The summed E-state index contributed by atoms with van der Waals surface area (Å²) in [6.07, 6.45) is 7.74. The molecule has 4 nitrogen and oxygen atoms in total. The van der Waals surface area contributed by atoms with Crippen LogP contribution < -0.4 is 0 Å². The minimum absolute atomic E-state index is 0.0935. The van der Waals surface area contributed by atoms with Crippen molar-refractivity contribution < 1.29 is 8.94 Å². The van der Waals surface area contributed by atoms with Crippen LogP contribution in [-0.4, -0.2) is 32.0 Å². The van der Waals surface area contributed by atoms with Crippen LogP contribution in [0.4, 0.5) is 4.39 Å². The molecule has 0 amide bonds. The maximum atomic E-state index is 13.3. The van der Waals surface area contributed by atoms with Gasteiger partial charge in [-0.1, -0.05) is 6.08 Å². The lowest BCUT2D eigenvalue weighted by Crippen LogP contribution is -2.28. The molecule has 1 N–H and O–H groups in total. The molecule has 0 saturated heterocycles. The van der Waals surface area contributed by atoms with Crippen LogP contribution in [0.5, 0.6) is 0 Å². The molecule has 6 heteroatoms. The molecule has 2 heterocycles. The van der Waals surface area contributed by atoms with Crippen LogP contribution in [0.3, 0.4) is 0 Å². The maximum Gasteiger partial charge on any atom is 0.322 e. The first-order valence-electron chi connectivity index (χ1n) is 7.59. The minimum Gasteiger partial charge on any atom is -0.609 e. The Bertz CT molecular complexity index is 855. The van der Waals surface area contributed by atoms with Gasteiger partial charge in [-0.05, 0) is 42.7 Å². The standard InChI is InChI=1S/C17H16FN3OS/c1-10-6-11-7-13(3-5-14(11)19-9-10)23(22)17-20-15-4-2-12(18)8-16(15)21-17/h2,4,6-9,13-14H,3,5H2,1H3,(H,20,21). The average Bonchev–Trinajstić information content (AvgIpc) is 2.96. The van der Waals surface area contributed by atoms with Gasteiger partial charge in [0.05, 0.1) is 17.1 Å². The van der Waals surface area contributed by atoms with Gasteiger partial charge in [-0.2, -0.15) is 4.98 Å². The van der Waals surface area contributed by atoms with Crippen molar-refractivity contribution in [1.82, 2.24) is 9.97 Å². The van der Waals surface area contributed by atoms with Crippen LogP contribution in [-0.2, 0) is 11.2 Å². The zero-order valence-electron chi connectivity index (χ0n) is 12.6. The Morgan fingerprint density at radius 3 is 3.09 bits per heavy atom. The third kappa shape index (κ3) is 2.72. The van der Waals surface area contributed by atoms with Crippen molar-refractivity contribution in [2.75, 3.05) is 0 Å². The van der Waals surface area contributed by atoms with Crippen LogP contribution >= 0.6 is 0 Å². The highest BCUT2D eigenvalue weighted by atomic mass is 32.2. The first-order chi connectivity index (χ1) is 11.1. The Balaban J connectivity index is 1.64. The number of imidazole rings is 1. The Morgan fingerprint density at radius 2 is 2.22 bits per heavy atom.